The minimum absolute atomic E-state index is 0.127. The summed E-state index contributed by atoms with van der Waals surface area (Å²) in [6, 6.07) is 6.23. The van der Waals surface area contributed by atoms with E-state index in [1.165, 1.54) is 19.4 Å². The molecule has 98 valence electrons. The van der Waals surface area contributed by atoms with Gasteiger partial charge in [0, 0.05) is 11.2 Å². The van der Waals surface area contributed by atoms with Crippen molar-refractivity contribution in [3.05, 3.63) is 41.0 Å². The lowest BCUT2D eigenvalue weighted by atomic mass is 10.2. The van der Waals surface area contributed by atoms with Crippen LogP contribution in [0, 0.1) is 0 Å². The van der Waals surface area contributed by atoms with E-state index in [4.69, 9.17) is 22.1 Å². The predicted octanol–water partition coefficient (Wildman–Crippen LogP) is 1.97. The Kier molecular flexibility index (Phi) is 3.82. The summed E-state index contributed by atoms with van der Waals surface area (Å²) in [5.41, 5.74) is 5.84. The first-order valence-electron chi connectivity index (χ1n) is 5.33. The fraction of sp³-hybridized carbons (Fsp3) is 0.0833. The fourth-order valence-corrected chi connectivity index (χ4v) is 1.62. The highest BCUT2D eigenvalue weighted by molar-refractivity contribution is 6.31. The van der Waals surface area contributed by atoms with Crippen molar-refractivity contribution in [3.8, 4) is 5.75 Å². The Morgan fingerprint density at radius 3 is 2.89 bits per heavy atom. The van der Waals surface area contributed by atoms with Crippen LogP contribution in [0.4, 0.5) is 11.8 Å². The number of halogens is 1. The number of nitrogens with one attached hydrogen (secondary N) is 1. The number of amides is 1. The number of hydrogen-bond acceptors (Lipinski definition) is 5. The second-order valence-electron chi connectivity index (χ2n) is 3.60. The zero-order valence-corrected chi connectivity index (χ0v) is 10.8. The molecule has 0 aliphatic carbocycles. The van der Waals surface area contributed by atoms with Crippen molar-refractivity contribution >= 4 is 29.3 Å². The zero-order chi connectivity index (χ0) is 13.8. The van der Waals surface area contributed by atoms with E-state index in [-0.39, 0.29) is 11.8 Å². The number of aromatic nitrogens is 2. The highest BCUT2D eigenvalue weighted by Gasteiger charge is 2.13. The van der Waals surface area contributed by atoms with Gasteiger partial charge in [0.25, 0.3) is 5.91 Å². The molecule has 1 amide bonds. The monoisotopic (exact) mass is 278 g/mol. The molecule has 2 aromatic rings. The third kappa shape index (κ3) is 3.11. The number of benzene rings is 1. The van der Waals surface area contributed by atoms with Crippen LogP contribution in [0.5, 0.6) is 5.75 Å². The van der Waals surface area contributed by atoms with Crippen LogP contribution in [0.15, 0.2) is 30.5 Å². The van der Waals surface area contributed by atoms with Crippen molar-refractivity contribution in [3.63, 3.8) is 0 Å². The van der Waals surface area contributed by atoms with Gasteiger partial charge in [-0.1, -0.05) is 11.6 Å². The van der Waals surface area contributed by atoms with E-state index in [9.17, 15) is 4.79 Å². The lowest BCUT2D eigenvalue weighted by Gasteiger charge is -2.08. The average molecular weight is 279 g/mol. The van der Waals surface area contributed by atoms with Crippen LogP contribution in [-0.4, -0.2) is 23.0 Å². The number of nitrogens with two attached hydrogens (primary N) is 1. The van der Waals surface area contributed by atoms with E-state index in [1.54, 1.807) is 18.2 Å². The number of nitrogens with zero attached hydrogens (tertiary/aromatic N) is 2. The van der Waals surface area contributed by atoms with Crippen LogP contribution in [0.1, 0.15) is 10.4 Å². The van der Waals surface area contributed by atoms with E-state index in [0.717, 1.165) is 0 Å². The summed E-state index contributed by atoms with van der Waals surface area (Å²) < 4.78 is 5.10. The molecule has 7 heteroatoms. The summed E-state index contributed by atoms with van der Waals surface area (Å²) in [4.78, 5) is 19.8. The maximum Gasteiger partial charge on any atom is 0.261 e. The second-order valence-corrected chi connectivity index (χ2v) is 4.04. The number of hydrogen-bond donors (Lipinski definition) is 2. The molecule has 0 unspecified atom stereocenters. The molecule has 1 heterocycles. The molecule has 0 atom stereocenters. The number of ether oxygens (including phenoxy) is 1. The van der Waals surface area contributed by atoms with Gasteiger partial charge in [-0.2, -0.15) is 4.98 Å². The van der Waals surface area contributed by atoms with Crippen molar-refractivity contribution in [2.75, 3.05) is 18.2 Å². The van der Waals surface area contributed by atoms with E-state index in [0.29, 0.717) is 16.3 Å². The minimum Gasteiger partial charge on any atom is -0.496 e. The maximum atomic E-state index is 12.1. The predicted molar refractivity (Wildman–Crippen MR) is 72.4 cm³/mol. The molecule has 0 radical (unpaired) electrons. The largest absolute Gasteiger partial charge is 0.496 e. The summed E-state index contributed by atoms with van der Waals surface area (Å²) in [7, 11) is 1.46. The third-order valence-corrected chi connectivity index (χ3v) is 2.55. The van der Waals surface area contributed by atoms with Crippen molar-refractivity contribution in [2.45, 2.75) is 0 Å². The van der Waals surface area contributed by atoms with Gasteiger partial charge < -0.3 is 10.5 Å². The molecule has 1 aromatic heterocycles. The van der Waals surface area contributed by atoms with Gasteiger partial charge in [0.15, 0.2) is 0 Å². The van der Waals surface area contributed by atoms with Gasteiger partial charge in [-0.25, -0.2) is 4.98 Å². The molecule has 0 aliphatic heterocycles. The summed E-state index contributed by atoms with van der Waals surface area (Å²) in [5.74, 6) is 0.364. The molecule has 0 bridgehead atoms. The second kappa shape index (κ2) is 5.53. The topological polar surface area (TPSA) is 90.1 Å². The maximum absolute atomic E-state index is 12.1. The zero-order valence-electron chi connectivity index (χ0n) is 10.1. The Morgan fingerprint density at radius 1 is 1.42 bits per heavy atom. The Balaban J connectivity index is 2.25. The highest BCUT2D eigenvalue weighted by Crippen LogP contribution is 2.23. The van der Waals surface area contributed by atoms with Gasteiger partial charge in [-0.3, -0.25) is 10.1 Å². The van der Waals surface area contributed by atoms with Gasteiger partial charge in [0.2, 0.25) is 5.95 Å². The van der Waals surface area contributed by atoms with Crippen molar-refractivity contribution in [1.82, 2.24) is 9.97 Å². The van der Waals surface area contributed by atoms with Crippen LogP contribution in [0.25, 0.3) is 0 Å². The summed E-state index contributed by atoms with van der Waals surface area (Å²) in [6.45, 7) is 0. The van der Waals surface area contributed by atoms with Gasteiger partial charge in [0.05, 0.1) is 12.7 Å². The SMILES string of the molecule is COc1cc(Cl)ccc1C(=O)Nc1nccc(N)n1. The summed E-state index contributed by atoms with van der Waals surface area (Å²) >= 11 is 5.83. The average Bonchev–Trinajstić information content (AvgIpc) is 2.38. The first kappa shape index (κ1) is 13.1. The Morgan fingerprint density at radius 2 is 2.21 bits per heavy atom. The first-order chi connectivity index (χ1) is 9.10. The standard InChI is InChI=1S/C12H11ClN4O2/c1-19-9-6-7(13)2-3-8(9)11(18)17-12-15-5-4-10(14)16-12/h2-6H,1H3,(H3,14,15,16,17,18). The van der Waals surface area contributed by atoms with Crippen LogP contribution < -0.4 is 15.8 Å². The summed E-state index contributed by atoms with van der Waals surface area (Å²) in [6.07, 6.45) is 1.46. The highest BCUT2D eigenvalue weighted by atomic mass is 35.5. The Bertz CT molecular complexity index is 618. The van der Waals surface area contributed by atoms with Crippen molar-refractivity contribution in [1.29, 1.82) is 0 Å². The molecule has 2 rings (SSSR count). The number of anilines is 2. The van der Waals surface area contributed by atoms with E-state index in [2.05, 4.69) is 15.3 Å². The molecule has 0 saturated heterocycles. The number of methoxy groups -OCH3 is 1. The lowest BCUT2D eigenvalue weighted by molar-refractivity contribution is 0.102. The molecule has 6 nitrogen and oxygen atoms in total. The number of nitrogen functional groups attached to an aromatic ring is 1. The molecule has 1 aromatic carbocycles. The van der Waals surface area contributed by atoms with Gasteiger partial charge in [-0.15, -0.1) is 0 Å². The number of carbonyl (C=O) groups excluding carboxylic acids is 1. The quantitative estimate of drug-likeness (QED) is 0.896. The molecule has 0 saturated carbocycles. The van der Waals surface area contributed by atoms with Gasteiger partial charge in [0.1, 0.15) is 11.6 Å². The molecular weight excluding hydrogens is 268 g/mol. The van der Waals surface area contributed by atoms with Gasteiger partial charge in [-0.05, 0) is 24.3 Å². The van der Waals surface area contributed by atoms with Crippen LogP contribution in [-0.2, 0) is 0 Å². The summed E-state index contributed by atoms with van der Waals surface area (Å²) in [5, 5.41) is 3.01. The first-order valence-corrected chi connectivity index (χ1v) is 5.71. The molecule has 3 N–H and O–H groups in total. The Labute approximate surface area is 114 Å². The molecule has 0 aliphatic rings. The van der Waals surface area contributed by atoms with E-state index in [1.807, 2.05) is 0 Å². The lowest BCUT2D eigenvalue weighted by Crippen LogP contribution is -2.15. The van der Waals surface area contributed by atoms with Crippen molar-refractivity contribution < 1.29 is 9.53 Å². The van der Waals surface area contributed by atoms with Crippen molar-refractivity contribution in [2.24, 2.45) is 0 Å². The smallest absolute Gasteiger partial charge is 0.261 e. The van der Waals surface area contributed by atoms with E-state index < -0.39 is 5.91 Å². The van der Waals surface area contributed by atoms with Crippen LogP contribution in [0.3, 0.4) is 0 Å². The van der Waals surface area contributed by atoms with Crippen LogP contribution in [0.2, 0.25) is 5.02 Å². The Hall–Kier alpha value is -2.34. The third-order valence-electron chi connectivity index (χ3n) is 2.31. The molecule has 0 spiro atoms. The molecular formula is C12H11ClN4O2. The molecule has 19 heavy (non-hydrogen) atoms. The van der Waals surface area contributed by atoms with Crippen LogP contribution >= 0.6 is 11.6 Å². The fourth-order valence-electron chi connectivity index (χ4n) is 1.45. The number of rotatable bonds is 3. The number of carbonyl (C=O) groups is 1. The normalized spacial score (nSPS) is 10.0. The van der Waals surface area contributed by atoms with Gasteiger partial charge >= 0.3 is 0 Å². The minimum atomic E-state index is -0.404. The van der Waals surface area contributed by atoms with E-state index >= 15 is 0 Å². The molecule has 0 fully saturated rings.